The zero-order valence-corrected chi connectivity index (χ0v) is 26.8. The topological polar surface area (TPSA) is 147 Å². The van der Waals surface area contributed by atoms with Gasteiger partial charge in [0, 0.05) is 74.7 Å². The number of aromatic hydroxyl groups is 1. The summed E-state index contributed by atoms with van der Waals surface area (Å²) in [4.78, 5) is 51.3. The Morgan fingerprint density at radius 3 is 2.62 bits per heavy atom. The maximum absolute atomic E-state index is 14.0. The van der Waals surface area contributed by atoms with Gasteiger partial charge >= 0.3 is 18.2 Å². The number of urea groups is 1. The Kier molecular flexibility index (Phi) is 7.12. The van der Waals surface area contributed by atoms with Gasteiger partial charge in [-0.2, -0.15) is 13.2 Å². The van der Waals surface area contributed by atoms with E-state index >= 15 is 0 Å². The van der Waals surface area contributed by atoms with Crippen LogP contribution < -0.4 is 10.2 Å². The number of fused-ring (bicyclic) bond motifs is 7. The number of esters is 1. The molecule has 0 spiro atoms. The van der Waals surface area contributed by atoms with Crippen molar-refractivity contribution < 1.29 is 37.4 Å². The average Bonchev–Trinajstić information content (AvgIpc) is 3.88. The molecule has 2 aliphatic heterocycles. The monoisotopic (exact) mass is 702 g/mol. The summed E-state index contributed by atoms with van der Waals surface area (Å²) in [5.74, 6) is -3.15. The van der Waals surface area contributed by atoms with Crippen LogP contribution in [0.4, 0.5) is 29.3 Å². The molecule has 254 valence electrons. The molecule has 0 radical (unpaired) electrons. The molecule has 3 aromatic carbocycles. The number of alkyl halides is 4. The predicted octanol–water partition coefficient (Wildman–Crippen LogP) is 7.64. The Labute approximate surface area is 285 Å². The van der Waals surface area contributed by atoms with Crippen LogP contribution in [0.15, 0.2) is 60.8 Å². The molecule has 8 rings (SSSR count). The number of phenols is 1. The molecule has 3 amide bonds. The first-order valence-electron chi connectivity index (χ1n) is 15.4. The fourth-order valence-corrected chi connectivity index (χ4v) is 7.23. The fraction of sp³-hybridized carbons (Fsp3) is 0.171. The molecule has 1 atom stereocenters. The number of anilines is 2. The predicted molar refractivity (Wildman–Crippen MR) is 182 cm³/mol. The third-order valence-electron chi connectivity index (χ3n) is 9.22. The number of aromatic nitrogens is 3. The average molecular weight is 703 g/mol. The van der Waals surface area contributed by atoms with Crippen molar-refractivity contribution in [2.45, 2.75) is 18.6 Å². The van der Waals surface area contributed by atoms with Crippen molar-refractivity contribution in [2.24, 2.45) is 0 Å². The quantitative estimate of drug-likeness (QED) is 0.0947. The van der Waals surface area contributed by atoms with Gasteiger partial charge in [0.1, 0.15) is 17.1 Å². The summed E-state index contributed by atoms with van der Waals surface area (Å²) in [6, 6.07) is 15.4. The minimum Gasteiger partial charge on any atom is -0.506 e. The molecular formula is C35H26ClF3N6O5. The minimum absolute atomic E-state index is 0.0263. The van der Waals surface area contributed by atoms with Crippen LogP contribution in [-0.4, -0.2) is 62.4 Å². The molecule has 0 bridgehead atoms. The van der Waals surface area contributed by atoms with Gasteiger partial charge < -0.3 is 35.0 Å². The summed E-state index contributed by atoms with van der Waals surface area (Å²) in [7, 11) is 0.954. The summed E-state index contributed by atoms with van der Waals surface area (Å²) >= 11 is 6.28. The molecule has 5 N–H and O–H groups in total. The number of amides is 3. The van der Waals surface area contributed by atoms with E-state index in [0.29, 0.717) is 23.1 Å². The highest BCUT2D eigenvalue weighted by atomic mass is 35.5. The number of hydrogen-bond acceptors (Lipinski definition) is 5. The minimum atomic E-state index is -4.97. The zero-order chi connectivity index (χ0) is 35.1. The number of halogens is 4. The van der Waals surface area contributed by atoms with Gasteiger partial charge in [-0.3, -0.25) is 9.69 Å². The Morgan fingerprint density at radius 1 is 1.06 bits per heavy atom. The number of carbonyl (C=O) groups excluding carboxylic acids is 3. The fourth-order valence-electron chi connectivity index (χ4n) is 6.98. The summed E-state index contributed by atoms with van der Waals surface area (Å²) in [5, 5.41) is 15.2. The number of para-hydroxylation sites is 1. The Balaban J connectivity index is 1.08. The lowest BCUT2D eigenvalue weighted by Gasteiger charge is -2.22. The van der Waals surface area contributed by atoms with E-state index in [1.54, 1.807) is 35.4 Å². The SMILES string of the molecule is COC(=O)c1c(C(F)(F)F)[nH]c2c(O)cc3c(c12)C(CCl)CN3C(=O)c1cc2cc(NC(=O)N3C=Cc4c([nH]c5ccccc45)C3)ccc2[nH]1. The van der Waals surface area contributed by atoms with Gasteiger partial charge in [0.15, 0.2) is 0 Å². The third-order valence-corrected chi connectivity index (χ3v) is 9.59. The third kappa shape index (κ3) is 4.85. The number of benzene rings is 3. The van der Waals surface area contributed by atoms with Gasteiger partial charge in [0.2, 0.25) is 0 Å². The van der Waals surface area contributed by atoms with Gasteiger partial charge in [-0.05, 0) is 42.0 Å². The lowest BCUT2D eigenvalue weighted by atomic mass is 9.95. The molecule has 0 saturated heterocycles. The first kappa shape index (κ1) is 31.4. The number of H-pyrrole nitrogens is 3. The first-order valence-corrected chi connectivity index (χ1v) is 15.9. The summed E-state index contributed by atoms with van der Waals surface area (Å²) < 4.78 is 46.7. The van der Waals surface area contributed by atoms with Crippen LogP contribution >= 0.6 is 11.6 Å². The highest BCUT2D eigenvalue weighted by Crippen LogP contribution is 2.49. The van der Waals surface area contributed by atoms with Crippen LogP contribution in [0.25, 0.3) is 38.8 Å². The van der Waals surface area contributed by atoms with Crippen molar-refractivity contribution in [1.82, 2.24) is 19.9 Å². The van der Waals surface area contributed by atoms with Crippen LogP contribution in [0.1, 0.15) is 49.3 Å². The second kappa shape index (κ2) is 11.3. The second-order valence-electron chi connectivity index (χ2n) is 12.1. The van der Waals surface area contributed by atoms with E-state index in [-0.39, 0.29) is 46.3 Å². The van der Waals surface area contributed by atoms with Crippen LogP contribution in [0.5, 0.6) is 5.75 Å². The molecule has 0 aliphatic carbocycles. The molecule has 2 aliphatic rings. The smallest absolute Gasteiger partial charge is 0.432 e. The van der Waals surface area contributed by atoms with Gasteiger partial charge in [0.05, 0.1) is 30.4 Å². The van der Waals surface area contributed by atoms with E-state index in [0.717, 1.165) is 29.3 Å². The van der Waals surface area contributed by atoms with Crippen LogP contribution in [0.3, 0.4) is 0 Å². The van der Waals surface area contributed by atoms with Crippen molar-refractivity contribution in [1.29, 1.82) is 0 Å². The summed E-state index contributed by atoms with van der Waals surface area (Å²) in [5.41, 5.74) is 2.00. The molecule has 6 aromatic rings. The number of carbonyl (C=O) groups is 3. The summed E-state index contributed by atoms with van der Waals surface area (Å²) in [6.07, 6.45) is -1.36. The van der Waals surface area contributed by atoms with Crippen LogP contribution in [-0.2, 0) is 17.5 Å². The molecule has 0 fully saturated rings. The van der Waals surface area contributed by atoms with Gasteiger partial charge in [-0.1, -0.05) is 18.2 Å². The number of phenolic OH excluding ortho intramolecular Hbond substituents is 1. The second-order valence-corrected chi connectivity index (χ2v) is 12.4. The number of nitrogens with zero attached hydrogens (tertiary/aromatic N) is 2. The Bertz CT molecular complexity index is 2440. The van der Waals surface area contributed by atoms with E-state index in [9.17, 15) is 32.7 Å². The Hall–Kier alpha value is -5.89. The highest BCUT2D eigenvalue weighted by molar-refractivity contribution is 6.20. The lowest BCUT2D eigenvalue weighted by Crippen LogP contribution is -2.31. The molecule has 50 heavy (non-hydrogen) atoms. The van der Waals surface area contributed by atoms with Crippen molar-refractivity contribution in [3.05, 3.63) is 94.6 Å². The number of methoxy groups -OCH3 is 1. The Morgan fingerprint density at radius 2 is 1.86 bits per heavy atom. The van der Waals surface area contributed by atoms with Crippen LogP contribution in [0, 0.1) is 0 Å². The number of aromatic amines is 3. The van der Waals surface area contributed by atoms with Crippen molar-refractivity contribution in [3.8, 4) is 5.75 Å². The molecule has 0 saturated carbocycles. The van der Waals surface area contributed by atoms with E-state index in [4.69, 9.17) is 11.6 Å². The van der Waals surface area contributed by atoms with E-state index < -0.39 is 41.0 Å². The normalized spacial score (nSPS) is 15.6. The van der Waals surface area contributed by atoms with E-state index in [1.807, 2.05) is 30.3 Å². The molecule has 15 heteroatoms. The molecule has 1 unspecified atom stereocenters. The molecule has 11 nitrogen and oxygen atoms in total. The van der Waals surface area contributed by atoms with Gasteiger partial charge in [-0.25, -0.2) is 9.59 Å². The van der Waals surface area contributed by atoms with E-state index in [1.165, 1.54) is 11.0 Å². The van der Waals surface area contributed by atoms with E-state index in [2.05, 4.69) is 25.0 Å². The highest BCUT2D eigenvalue weighted by Gasteiger charge is 2.43. The maximum atomic E-state index is 14.0. The van der Waals surface area contributed by atoms with Crippen LogP contribution in [0.2, 0.25) is 0 Å². The van der Waals surface area contributed by atoms with Crippen molar-refractivity contribution in [2.75, 3.05) is 29.8 Å². The van der Waals surface area contributed by atoms with Crippen molar-refractivity contribution >= 4 is 79.7 Å². The molecule has 3 aromatic heterocycles. The number of ether oxygens (including phenoxy) is 1. The van der Waals surface area contributed by atoms with Gasteiger partial charge in [-0.15, -0.1) is 11.6 Å². The number of rotatable bonds is 4. The number of hydrogen-bond donors (Lipinski definition) is 5. The standard InChI is InChI=1S/C35H26ClF3N6O5/c1-50-33(48)29-28-27-17(13-36)14-45(25(27)12-26(46)30(28)43-31(29)35(37,38)39)32(47)23-11-16-10-18(6-7-21(16)41-23)40-34(49)44-9-8-20-19-4-2-3-5-22(19)42-24(20)15-44/h2-12,17,41-43,46H,13-15H2,1H3,(H,40,49). The van der Waals surface area contributed by atoms with Crippen molar-refractivity contribution in [3.63, 3.8) is 0 Å². The maximum Gasteiger partial charge on any atom is 0.432 e. The first-order chi connectivity index (χ1) is 24.0. The largest absolute Gasteiger partial charge is 0.506 e. The molecule has 5 heterocycles. The summed E-state index contributed by atoms with van der Waals surface area (Å²) in [6.45, 7) is 0.322. The molecular weight excluding hydrogens is 677 g/mol. The number of nitrogens with one attached hydrogen (secondary N) is 4. The zero-order valence-electron chi connectivity index (χ0n) is 26.0. The lowest BCUT2D eigenvalue weighted by molar-refractivity contribution is -0.141. The van der Waals surface area contributed by atoms with Gasteiger partial charge in [0.25, 0.3) is 5.91 Å².